The number of carbonyl (C=O) groups is 1. The van der Waals surface area contributed by atoms with E-state index in [1.165, 1.54) is 11.3 Å². The Labute approximate surface area is 163 Å². The molecule has 1 N–H and O–H groups in total. The zero-order chi connectivity index (χ0) is 17.6. The number of thioether (sulfide) groups is 1. The molecule has 4 nitrogen and oxygen atoms in total. The number of halogens is 2. The van der Waals surface area contributed by atoms with E-state index in [1.54, 1.807) is 30.1 Å². The van der Waals surface area contributed by atoms with Crippen molar-refractivity contribution >= 4 is 57.9 Å². The Morgan fingerprint density at radius 2 is 2.12 bits per heavy atom. The maximum Gasteiger partial charge on any atom is 0.230 e. The quantitative estimate of drug-likeness (QED) is 0.442. The van der Waals surface area contributed by atoms with E-state index in [2.05, 4.69) is 15.3 Å². The van der Waals surface area contributed by atoms with E-state index in [0.717, 1.165) is 26.4 Å². The molecule has 0 spiro atoms. The standard InChI is InChI=1S/C17H13Cl2N3OS2/c18-12-4-1-3-11(7-12)9-24-17-21-13(10-25-17)8-15(23)22-14-5-2-6-20-16(14)19/h1-7,10H,8-9H2,(H,22,23). The van der Waals surface area contributed by atoms with Crippen molar-refractivity contribution in [2.45, 2.75) is 16.5 Å². The molecule has 128 valence electrons. The van der Waals surface area contributed by atoms with Crippen molar-refractivity contribution in [2.24, 2.45) is 0 Å². The van der Waals surface area contributed by atoms with Crippen LogP contribution in [0, 0.1) is 0 Å². The Hall–Kier alpha value is -1.60. The van der Waals surface area contributed by atoms with Gasteiger partial charge < -0.3 is 5.32 Å². The largest absolute Gasteiger partial charge is 0.323 e. The van der Waals surface area contributed by atoms with Crippen molar-refractivity contribution in [1.29, 1.82) is 0 Å². The molecule has 0 fully saturated rings. The lowest BCUT2D eigenvalue weighted by atomic mass is 10.2. The van der Waals surface area contributed by atoms with Crippen LogP contribution in [0.4, 0.5) is 5.69 Å². The third-order valence-electron chi connectivity index (χ3n) is 3.16. The monoisotopic (exact) mass is 409 g/mol. The lowest BCUT2D eigenvalue weighted by molar-refractivity contribution is -0.115. The van der Waals surface area contributed by atoms with Crippen LogP contribution >= 0.6 is 46.3 Å². The summed E-state index contributed by atoms with van der Waals surface area (Å²) in [5.74, 6) is 0.608. The van der Waals surface area contributed by atoms with Crippen LogP contribution in [-0.4, -0.2) is 15.9 Å². The molecule has 1 aromatic carbocycles. The van der Waals surface area contributed by atoms with E-state index in [1.807, 2.05) is 29.6 Å². The van der Waals surface area contributed by atoms with E-state index in [0.29, 0.717) is 5.69 Å². The van der Waals surface area contributed by atoms with Gasteiger partial charge in [-0.2, -0.15) is 0 Å². The molecule has 3 rings (SSSR count). The summed E-state index contributed by atoms with van der Waals surface area (Å²) in [6, 6.07) is 11.2. The van der Waals surface area contributed by atoms with Gasteiger partial charge in [0.25, 0.3) is 0 Å². The molecular weight excluding hydrogens is 397 g/mol. The van der Waals surface area contributed by atoms with E-state index in [-0.39, 0.29) is 17.5 Å². The second kappa shape index (κ2) is 8.67. The fourth-order valence-electron chi connectivity index (χ4n) is 2.05. The second-order valence-electron chi connectivity index (χ2n) is 5.09. The van der Waals surface area contributed by atoms with Crippen molar-refractivity contribution in [3.63, 3.8) is 0 Å². The molecule has 8 heteroatoms. The van der Waals surface area contributed by atoms with Gasteiger partial charge in [0, 0.05) is 22.4 Å². The summed E-state index contributed by atoms with van der Waals surface area (Å²) in [7, 11) is 0. The molecule has 1 amide bonds. The highest BCUT2D eigenvalue weighted by Gasteiger charge is 2.10. The number of carbonyl (C=O) groups excluding carboxylic acids is 1. The summed E-state index contributed by atoms with van der Waals surface area (Å²) in [5, 5.41) is 5.63. The normalized spacial score (nSPS) is 10.6. The Morgan fingerprint density at radius 1 is 1.24 bits per heavy atom. The number of rotatable bonds is 6. The average Bonchev–Trinajstić information content (AvgIpc) is 3.02. The summed E-state index contributed by atoms with van der Waals surface area (Å²) < 4.78 is 0.919. The van der Waals surface area contributed by atoms with Gasteiger partial charge in [0.2, 0.25) is 5.91 Å². The van der Waals surface area contributed by atoms with Crippen LogP contribution in [0.15, 0.2) is 52.3 Å². The van der Waals surface area contributed by atoms with Crippen molar-refractivity contribution in [1.82, 2.24) is 9.97 Å². The number of amides is 1. The molecule has 3 aromatic rings. The third kappa shape index (κ3) is 5.44. The number of nitrogens with one attached hydrogen (secondary N) is 1. The van der Waals surface area contributed by atoms with Gasteiger partial charge >= 0.3 is 0 Å². The number of thiazole rings is 1. The van der Waals surface area contributed by atoms with Crippen LogP contribution in [0.2, 0.25) is 10.2 Å². The van der Waals surface area contributed by atoms with Gasteiger partial charge in [0.15, 0.2) is 5.15 Å². The minimum atomic E-state index is -0.174. The highest BCUT2D eigenvalue weighted by Crippen LogP contribution is 2.27. The van der Waals surface area contributed by atoms with Gasteiger partial charge in [-0.1, -0.05) is 47.1 Å². The smallest absolute Gasteiger partial charge is 0.230 e. The number of benzene rings is 1. The summed E-state index contributed by atoms with van der Waals surface area (Å²) in [4.78, 5) is 20.5. The fraction of sp³-hybridized carbons (Fsp3) is 0.118. The molecule has 2 heterocycles. The molecule has 25 heavy (non-hydrogen) atoms. The number of hydrogen-bond acceptors (Lipinski definition) is 5. The van der Waals surface area contributed by atoms with Gasteiger partial charge in [0.05, 0.1) is 17.8 Å². The van der Waals surface area contributed by atoms with Gasteiger partial charge in [-0.05, 0) is 29.8 Å². The molecular formula is C17H13Cl2N3OS2. The van der Waals surface area contributed by atoms with Crippen molar-refractivity contribution in [3.8, 4) is 0 Å². The fourth-order valence-corrected chi connectivity index (χ4v) is 4.21. The summed E-state index contributed by atoms with van der Waals surface area (Å²) in [6.07, 6.45) is 1.77. The first-order valence-electron chi connectivity index (χ1n) is 7.32. The Balaban J connectivity index is 1.54. The second-order valence-corrected chi connectivity index (χ2v) is 7.97. The van der Waals surface area contributed by atoms with Crippen LogP contribution in [0.1, 0.15) is 11.3 Å². The highest BCUT2D eigenvalue weighted by molar-refractivity contribution is 8.00. The molecule has 0 aliphatic rings. The molecule has 0 aliphatic heterocycles. The van der Waals surface area contributed by atoms with Gasteiger partial charge in [0.1, 0.15) is 4.34 Å². The van der Waals surface area contributed by atoms with Gasteiger partial charge in [-0.15, -0.1) is 11.3 Å². The van der Waals surface area contributed by atoms with Gasteiger partial charge in [-0.3, -0.25) is 4.79 Å². The van der Waals surface area contributed by atoms with E-state index < -0.39 is 0 Å². The van der Waals surface area contributed by atoms with Crippen molar-refractivity contribution < 1.29 is 4.79 Å². The minimum absolute atomic E-state index is 0.174. The SMILES string of the molecule is O=C(Cc1csc(SCc2cccc(Cl)c2)n1)Nc1cccnc1Cl. The molecule has 0 saturated heterocycles. The Bertz CT molecular complexity index is 886. The van der Waals surface area contributed by atoms with Gasteiger partial charge in [-0.25, -0.2) is 9.97 Å². The van der Waals surface area contributed by atoms with Crippen molar-refractivity contribution in [2.75, 3.05) is 5.32 Å². The number of hydrogen-bond donors (Lipinski definition) is 1. The predicted octanol–water partition coefficient (Wildman–Crippen LogP) is 5.32. The molecule has 0 unspecified atom stereocenters. The number of anilines is 1. The topological polar surface area (TPSA) is 54.9 Å². The Morgan fingerprint density at radius 3 is 2.92 bits per heavy atom. The van der Waals surface area contributed by atoms with E-state index in [4.69, 9.17) is 23.2 Å². The summed E-state index contributed by atoms with van der Waals surface area (Å²) in [6.45, 7) is 0. The molecule has 0 bridgehead atoms. The molecule has 0 atom stereocenters. The van der Waals surface area contributed by atoms with E-state index in [9.17, 15) is 4.79 Å². The number of pyridine rings is 1. The van der Waals surface area contributed by atoms with Crippen LogP contribution in [0.25, 0.3) is 0 Å². The maximum atomic E-state index is 12.1. The maximum absolute atomic E-state index is 12.1. The molecule has 2 aromatic heterocycles. The summed E-state index contributed by atoms with van der Waals surface area (Å²) in [5.41, 5.74) is 2.37. The minimum Gasteiger partial charge on any atom is -0.323 e. The summed E-state index contributed by atoms with van der Waals surface area (Å²) >= 11 is 15.1. The predicted molar refractivity (Wildman–Crippen MR) is 105 cm³/mol. The van der Waals surface area contributed by atoms with E-state index >= 15 is 0 Å². The zero-order valence-corrected chi connectivity index (χ0v) is 16.1. The first-order chi connectivity index (χ1) is 12.1. The van der Waals surface area contributed by atoms with Crippen molar-refractivity contribution in [3.05, 3.63) is 69.4 Å². The zero-order valence-electron chi connectivity index (χ0n) is 12.9. The third-order valence-corrected chi connectivity index (χ3v) is 5.83. The Kier molecular flexibility index (Phi) is 6.31. The number of nitrogens with zero attached hydrogens (tertiary/aromatic N) is 2. The lowest BCUT2D eigenvalue weighted by Gasteiger charge is -2.04. The molecule has 0 radical (unpaired) electrons. The number of aromatic nitrogens is 2. The first kappa shape index (κ1) is 18.2. The van der Waals surface area contributed by atoms with Crippen LogP contribution in [0.3, 0.4) is 0 Å². The first-order valence-corrected chi connectivity index (χ1v) is 9.94. The molecule has 0 saturated carbocycles. The average molecular weight is 410 g/mol. The van der Waals surface area contributed by atoms with Crippen LogP contribution in [0.5, 0.6) is 0 Å². The lowest BCUT2D eigenvalue weighted by Crippen LogP contribution is -2.15. The van der Waals surface area contributed by atoms with Crippen LogP contribution < -0.4 is 5.32 Å². The highest BCUT2D eigenvalue weighted by atomic mass is 35.5. The van der Waals surface area contributed by atoms with Crippen LogP contribution in [-0.2, 0) is 17.0 Å². The molecule has 0 aliphatic carbocycles.